The molecule has 0 amide bonds. The number of hydrogen-bond donors (Lipinski definition) is 2. The molecule has 5 nitrogen and oxygen atoms in total. The molecule has 0 saturated carbocycles. The summed E-state index contributed by atoms with van der Waals surface area (Å²) in [5.74, 6) is 2.07. The van der Waals surface area contributed by atoms with E-state index in [0.717, 1.165) is 30.1 Å². The number of nitrogens with zero attached hydrogens (tertiary/aromatic N) is 2. The highest BCUT2D eigenvalue weighted by Crippen LogP contribution is 2.27. The topological polar surface area (TPSA) is 59.1 Å². The van der Waals surface area contributed by atoms with Crippen LogP contribution in [0.5, 0.6) is 5.75 Å². The summed E-state index contributed by atoms with van der Waals surface area (Å²) in [6, 6.07) is 15.0. The van der Waals surface area contributed by atoms with Crippen LogP contribution in [0.2, 0.25) is 10.0 Å². The van der Waals surface area contributed by atoms with Gasteiger partial charge in [0.15, 0.2) is 0 Å². The maximum Gasteiger partial charge on any atom is 0.229 e. The molecule has 0 saturated heterocycles. The van der Waals surface area contributed by atoms with Crippen molar-refractivity contribution in [1.82, 2.24) is 9.97 Å². The molecule has 0 unspecified atom stereocenters. The minimum Gasteiger partial charge on any atom is -0.496 e. The Labute approximate surface area is 162 Å². The molecule has 1 heterocycles. The van der Waals surface area contributed by atoms with Gasteiger partial charge in [0.2, 0.25) is 5.95 Å². The fourth-order valence-electron chi connectivity index (χ4n) is 2.46. The van der Waals surface area contributed by atoms with Gasteiger partial charge in [0, 0.05) is 17.8 Å². The van der Waals surface area contributed by atoms with Crippen molar-refractivity contribution in [1.29, 1.82) is 0 Å². The van der Waals surface area contributed by atoms with Gasteiger partial charge in [0.1, 0.15) is 11.6 Å². The first-order valence-corrected chi connectivity index (χ1v) is 8.82. The second-order valence-corrected chi connectivity index (χ2v) is 6.35. The lowest BCUT2D eigenvalue weighted by atomic mass is 10.1. The standard InChI is InChI=1S/C19H18Cl2N4O/c1-26-17-5-3-2-4-13(17)8-10-22-18-9-11-23-19(25-18)24-16-7-6-14(20)12-15(16)21/h2-7,9,11-12H,8,10H2,1H3,(H2,22,23,24,25). The Balaban J connectivity index is 1.62. The van der Waals surface area contributed by atoms with Crippen LogP contribution in [0.4, 0.5) is 17.5 Å². The summed E-state index contributed by atoms with van der Waals surface area (Å²) in [7, 11) is 1.68. The monoisotopic (exact) mass is 388 g/mol. The predicted molar refractivity (Wildman–Crippen MR) is 107 cm³/mol. The molecule has 2 aromatic carbocycles. The summed E-state index contributed by atoms with van der Waals surface area (Å²) in [6.45, 7) is 0.721. The van der Waals surface area contributed by atoms with Crippen LogP contribution in [0, 0.1) is 0 Å². The minimum absolute atomic E-state index is 0.455. The number of anilines is 3. The van der Waals surface area contributed by atoms with Gasteiger partial charge in [0.25, 0.3) is 0 Å². The van der Waals surface area contributed by atoms with Crippen molar-refractivity contribution in [2.24, 2.45) is 0 Å². The zero-order valence-electron chi connectivity index (χ0n) is 14.2. The predicted octanol–water partition coefficient (Wildman–Crippen LogP) is 5.19. The lowest BCUT2D eigenvalue weighted by Crippen LogP contribution is -2.08. The van der Waals surface area contributed by atoms with Crippen molar-refractivity contribution in [3.63, 3.8) is 0 Å². The van der Waals surface area contributed by atoms with Gasteiger partial charge in [-0.3, -0.25) is 0 Å². The van der Waals surface area contributed by atoms with Gasteiger partial charge in [-0.2, -0.15) is 4.98 Å². The molecule has 7 heteroatoms. The van der Waals surface area contributed by atoms with Crippen LogP contribution in [0.25, 0.3) is 0 Å². The molecule has 0 radical (unpaired) electrons. The minimum atomic E-state index is 0.455. The molecule has 0 aliphatic carbocycles. The maximum atomic E-state index is 6.17. The van der Waals surface area contributed by atoms with E-state index in [2.05, 4.69) is 26.7 Å². The fraction of sp³-hybridized carbons (Fsp3) is 0.158. The van der Waals surface area contributed by atoms with Crippen molar-refractivity contribution < 1.29 is 4.74 Å². The van der Waals surface area contributed by atoms with Crippen LogP contribution in [0.15, 0.2) is 54.7 Å². The first kappa shape index (κ1) is 18.3. The van der Waals surface area contributed by atoms with E-state index < -0.39 is 0 Å². The number of benzene rings is 2. The second-order valence-electron chi connectivity index (χ2n) is 5.50. The summed E-state index contributed by atoms with van der Waals surface area (Å²) in [4.78, 5) is 8.67. The van der Waals surface area contributed by atoms with Crippen LogP contribution in [-0.2, 0) is 6.42 Å². The van der Waals surface area contributed by atoms with E-state index in [1.807, 2.05) is 24.3 Å². The highest BCUT2D eigenvalue weighted by Gasteiger charge is 2.05. The fourth-order valence-corrected chi connectivity index (χ4v) is 2.92. The Bertz CT molecular complexity index is 889. The molecule has 0 spiro atoms. The number of ether oxygens (including phenoxy) is 1. The van der Waals surface area contributed by atoms with Crippen LogP contribution in [-0.4, -0.2) is 23.6 Å². The van der Waals surface area contributed by atoms with Crippen molar-refractivity contribution >= 4 is 40.7 Å². The zero-order valence-corrected chi connectivity index (χ0v) is 15.7. The molecule has 26 heavy (non-hydrogen) atoms. The summed E-state index contributed by atoms with van der Waals surface area (Å²) in [6.07, 6.45) is 2.50. The van der Waals surface area contributed by atoms with Crippen molar-refractivity contribution in [3.8, 4) is 5.75 Å². The van der Waals surface area contributed by atoms with Crippen LogP contribution >= 0.6 is 23.2 Å². The van der Waals surface area contributed by atoms with Crippen molar-refractivity contribution in [2.45, 2.75) is 6.42 Å². The molecule has 3 aromatic rings. The van der Waals surface area contributed by atoms with Gasteiger partial charge in [-0.1, -0.05) is 41.4 Å². The number of halogens is 2. The third-order valence-corrected chi connectivity index (χ3v) is 4.27. The van der Waals surface area contributed by atoms with Gasteiger partial charge in [-0.05, 0) is 42.3 Å². The van der Waals surface area contributed by atoms with Crippen molar-refractivity contribution in [3.05, 3.63) is 70.3 Å². The third-order valence-electron chi connectivity index (χ3n) is 3.73. The van der Waals surface area contributed by atoms with Gasteiger partial charge < -0.3 is 15.4 Å². The smallest absolute Gasteiger partial charge is 0.229 e. The van der Waals surface area contributed by atoms with Gasteiger partial charge >= 0.3 is 0 Å². The summed E-state index contributed by atoms with van der Waals surface area (Å²) < 4.78 is 5.37. The van der Waals surface area contributed by atoms with Gasteiger partial charge in [-0.25, -0.2) is 4.98 Å². The van der Waals surface area contributed by atoms with E-state index in [0.29, 0.717) is 21.7 Å². The molecule has 2 N–H and O–H groups in total. The number of rotatable bonds is 7. The molecular formula is C19H18Cl2N4O. The van der Waals surface area contributed by atoms with E-state index in [4.69, 9.17) is 27.9 Å². The molecule has 0 bridgehead atoms. The number of para-hydroxylation sites is 1. The molecule has 1 aromatic heterocycles. The average molecular weight is 389 g/mol. The summed E-state index contributed by atoms with van der Waals surface area (Å²) in [5, 5.41) is 7.47. The molecule has 3 rings (SSSR count). The number of aromatic nitrogens is 2. The summed E-state index contributed by atoms with van der Waals surface area (Å²) >= 11 is 12.1. The molecule has 0 atom stereocenters. The summed E-state index contributed by atoms with van der Waals surface area (Å²) in [5.41, 5.74) is 1.84. The maximum absolute atomic E-state index is 6.17. The lowest BCUT2D eigenvalue weighted by molar-refractivity contribution is 0.410. The Morgan fingerprint density at radius 1 is 1.08 bits per heavy atom. The van der Waals surface area contributed by atoms with Crippen LogP contribution in [0.1, 0.15) is 5.56 Å². The van der Waals surface area contributed by atoms with E-state index in [1.54, 1.807) is 31.5 Å². The number of nitrogens with one attached hydrogen (secondary N) is 2. The zero-order chi connectivity index (χ0) is 18.4. The van der Waals surface area contributed by atoms with E-state index in [1.165, 1.54) is 0 Å². The molecule has 0 aliphatic heterocycles. The molecule has 134 valence electrons. The third kappa shape index (κ3) is 4.77. The SMILES string of the molecule is COc1ccccc1CCNc1ccnc(Nc2ccc(Cl)cc2Cl)n1. The Morgan fingerprint density at radius 2 is 1.92 bits per heavy atom. The van der Waals surface area contributed by atoms with E-state index >= 15 is 0 Å². The van der Waals surface area contributed by atoms with Crippen molar-refractivity contribution in [2.75, 3.05) is 24.3 Å². The lowest BCUT2D eigenvalue weighted by Gasteiger charge is -2.11. The Kier molecular flexibility index (Phi) is 6.15. The van der Waals surface area contributed by atoms with Crippen LogP contribution < -0.4 is 15.4 Å². The first-order valence-electron chi connectivity index (χ1n) is 8.06. The van der Waals surface area contributed by atoms with Gasteiger partial charge in [0.05, 0.1) is 17.8 Å². The van der Waals surface area contributed by atoms with E-state index in [9.17, 15) is 0 Å². The normalized spacial score (nSPS) is 10.4. The highest BCUT2D eigenvalue weighted by molar-refractivity contribution is 6.36. The Morgan fingerprint density at radius 3 is 2.73 bits per heavy atom. The quantitative estimate of drug-likeness (QED) is 0.582. The van der Waals surface area contributed by atoms with E-state index in [-0.39, 0.29) is 0 Å². The van der Waals surface area contributed by atoms with Gasteiger partial charge in [-0.15, -0.1) is 0 Å². The average Bonchev–Trinajstić information content (AvgIpc) is 2.65. The Hall–Kier alpha value is -2.50. The first-order chi connectivity index (χ1) is 12.7. The molecule has 0 fully saturated rings. The number of hydrogen-bond acceptors (Lipinski definition) is 5. The largest absolute Gasteiger partial charge is 0.496 e. The molecule has 0 aliphatic rings. The van der Waals surface area contributed by atoms with Crippen LogP contribution in [0.3, 0.4) is 0 Å². The molecular weight excluding hydrogens is 371 g/mol. The second kappa shape index (κ2) is 8.74. The number of methoxy groups -OCH3 is 1. The highest BCUT2D eigenvalue weighted by atomic mass is 35.5.